The van der Waals surface area contributed by atoms with E-state index >= 15 is 0 Å². The average Bonchev–Trinajstić information content (AvgIpc) is 2.83. The second kappa shape index (κ2) is 9.90. The van der Waals surface area contributed by atoms with Gasteiger partial charge >= 0.3 is 0 Å². The van der Waals surface area contributed by atoms with Gasteiger partial charge in [0.15, 0.2) is 0 Å². The second-order valence-corrected chi connectivity index (χ2v) is 8.96. The fraction of sp³-hybridized carbons (Fsp3) is 0.682. The molecule has 2 fully saturated rings. The lowest BCUT2D eigenvalue weighted by atomic mass is 10.1. The van der Waals surface area contributed by atoms with E-state index in [0.717, 1.165) is 24.5 Å². The van der Waals surface area contributed by atoms with E-state index in [4.69, 9.17) is 11.6 Å². The van der Waals surface area contributed by atoms with Gasteiger partial charge in [0.2, 0.25) is 5.91 Å². The Labute approximate surface area is 169 Å². The number of carbonyl (C=O) groups is 1. The standard InChI is InChI=1S/C22H34ClN3O/c1-16(2)24-22(27)21-13-20(25-19-7-5-3-4-6-8-19)15-26(21)14-17-9-11-18(23)12-10-17/h9-12,16,19-21,25H,3-8,13-15H2,1-2H3,(H,24,27)/t20-,21+/m1/s1. The predicted molar refractivity (Wildman–Crippen MR) is 112 cm³/mol. The van der Waals surface area contributed by atoms with Crippen LogP contribution in [0, 0.1) is 0 Å². The number of hydrogen-bond acceptors (Lipinski definition) is 3. The van der Waals surface area contributed by atoms with E-state index in [9.17, 15) is 4.79 Å². The van der Waals surface area contributed by atoms with Crippen LogP contribution in [-0.2, 0) is 11.3 Å². The summed E-state index contributed by atoms with van der Waals surface area (Å²) in [5, 5.41) is 7.74. The van der Waals surface area contributed by atoms with Crippen molar-refractivity contribution >= 4 is 17.5 Å². The molecule has 2 aliphatic rings. The lowest BCUT2D eigenvalue weighted by Crippen LogP contribution is -2.45. The van der Waals surface area contributed by atoms with Gasteiger partial charge in [-0.2, -0.15) is 0 Å². The molecule has 2 N–H and O–H groups in total. The molecular formula is C22H34ClN3O. The summed E-state index contributed by atoms with van der Waals surface area (Å²) in [6.07, 6.45) is 8.83. The molecule has 1 saturated carbocycles. The Morgan fingerprint density at radius 3 is 2.41 bits per heavy atom. The quantitative estimate of drug-likeness (QED) is 0.717. The van der Waals surface area contributed by atoms with E-state index in [1.54, 1.807) is 0 Å². The smallest absolute Gasteiger partial charge is 0.237 e. The van der Waals surface area contributed by atoms with Crippen molar-refractivity contribution in [3.8, 4) is 0 Å². The highest BCUT2D eigenvalue weighted by Crippen LogP contribution is 2.24. The number of nitrogens with zero attached hydrogens (tertiary/aromatic N) is 1. The minimum atomic E-state index is -0.0636. The number of halogens is 1. The molecule has 1 aromatic rings. The highest BCUT2D eigenvalue weighted by atomic mass is 35.5. The summed E-state index contributed by atoms with van der Waals surface area (Å²) in [5.74, 6) is 0.157. The van der Waals surface area contributed by atoms with Crippen LogP contribution in [0.3, 0.4) is 0 Å². The topological polar surface area (TPSA) is 44.4 Å². The van der Waals surface area contributed by atoms with Gasteiger partial charge in [-0.25, -0.2) is 0 Å². The maximum absolute atomic E-state index is 12.8. The summed E-state index contributed by atoms with van der Waals surface area (Å²) in [5.41, 5.74) is 1.21. The number of likely N-dealkylation sites (tertiary alicyclic amines) is 1. The monoisotopic (exact) mass is 391 g/mol. The molecule has 1 amide bonds. The predicted octanol–water partition coefficient (Wildman–Crippen LogP) is 4.12. The third-order valence-corrected chi connectivity index (χ3v) is 6.01. The van der Waals surface area contributed by atoms with Crippen LogP contribution in [0.1, 0.15) is 64.4 Å². The van der Waals surface area contributed by atoms with Crippen LogP contribution in [0.5, 0.6) is 0 Å². The summed E-state index contributed by atoms with van der Waals surface area (Å²) in [6, 6.07) is 9.09. The molecule has 1 aliphatic heterocycles. The molecule has 5 heteroatoms. The zero-order valence-corrected chi connectivity index (χ0v) is 17.5. The number of rotatable bonds is 6. The van der Waals surface area contributed by atoms with Crippen molar-refractivity contribution in [1.29, 1.82) is 0 Å². The molecule has 2 atom stereocenters. The van der Waals surface area contributed by atoms with Gasteiger partial charge in [0.05, 0.1) is 6.04 Å². The molecule has 0 aromatic heterocycles. The first kappa shape index (κ1) is 20.6. The van der Waals surface area contributed by atoms with Crippen LogP contribution in [0.4, 0.5) is 0 Å². The lowest BCUT2D eigenvalue weighted by molar-refractivity contribution is -0.126. The van der Waals surface area contributed by atoms with Gasteiger partial charge in [-0.05, 0) is 50.8 Å². The second-order valence-electron chi connectivity index (χ2n) is 8.52. The molecule has 4 nitrogen and oxygen atoms in total. The summed E-state index contributed by atoms with van der Waals surface area (Å²) >= 11 is 6.02. The van der Waals surface area contributed by atoms with Gasteiger partial charge in [0.1, 0.15) is 0 Å². The van der Waals surface area contributed by atoms with Crippen LogP contribution in [-0.4, -0.2) is 41.5 Å². The molecule has 27 heavy (non-hydrogen) atoms. The van der Waals surface area contributed by atoms with Crippen LogP contribution >= 0.6 is 11.6 Å². The average molecular weight is 392 g/mol. The van der Waals surface area contributed by atoms with Gasteiger partial charge < -0.3 is 10.6 Å². The van der Waals surface area contributed by atoms with Gasteiger partial charge in [0, 0.05) is 36.2 Å². The minimum absolute atomic E-state index is 0.0636. The van der Waals surface area contributed by atoms with Gasteiger partial charge in [-0.3, -0.25) is 9.69 Å². The third kappa shape index (κ3) is 6.20. The Morgan fingerprint density at radius 2 is 1.78 bits per heavy atom. The SMILES string of the molecule is CC(C)NC(=O)[C@@H]1C[C@@H](NC2CCCCCC2)CN1Cc1ccc(Cl)cc1. The molecular weight excluding hydrogens is 358 g/mol. The Morgan fingerprint density at radius 1 is 1.11 bits per heavy atom. The molecule has 0 unspecified atom stereocenters. The van der Waals surface area contributed by atoms with Crippen molar-refractivity contribution in [1.82, 2.24) is 15.5 Å². The summed E-state index contributed by atoms with van der Waals surface area (Å²) in [4.78, 5) is 15.1. The number of carbonyl (C=O) groups excluding carboxylic acids is 1. The zero-order chi connectivity index (χ0) is 19.2. The minimum Gasteiger partial charge on any atom is -0.353 e. The first-order chi connectivity index (χ1) is 13.0. The van der Waals surface area contributed by atoms with Crippen molar-refractivity contribution in [3.63, 3.8) is 0 Å². The molecule has 1 aliphatic carbocycles. The number of hydrogen-bond donors (Lipinski definition) is 2. The Kier molecular flexibility index (Phi) is 7.57. The fourth-order valence-corrected chi connectivity index (χ4v) is 4.58. The van der Waals surface area contributed by atoms with Crippen molar-refractivity contribution in [2.24, 2.45) is 0 Å². The summed E-state index contributed by atoms with van der Waals surface area (Å²) < 4.78 is 0. The molecule has 3 rings (SSSR count). The third-order valence-electron chi connectivity index (χ3n) is 5.76. The summed E-state index contributed by atoms with van der Waals surface area (Å²) in [6.45, 7) is 5.76. The van der Waals surface area contributed by atoms with Crippen molar-refractivity contribution in [2.75, 3.05) is 6.54 Å². The van der Waals surface area contributed by atoms with E-state index in [2.05, 4.69) is 27.7 Å². The van der Waals surface area contributed by atoms with Crippen LogP contribution < -0.4 is 10.6 Å². The Balaban J connectivity index is 1.65. The molecule has 0 spiro atoms. The van der Waals surface area contributed by atoms with E-state index in [-0.39, 0.29) is 18.0 Å². The Hall–Kier alpha value is -1.10. The zero-order valence-electron chi connectivity index (χ0n) is 16.7. The normalized spacial score (nSPS) is 24.9. The van der Waals surface area contributed by atoms with Crippen molar-refractivity contribution < 1.29 is 4.79 Å². The van der Waals surface area contributed by atoms with Gasteiger partial charge in [-0.15, -0.1) is 0 Å². The van der Waals surface area contributed by atoms with Crippen LogP contribution in [0.15, 0.2) is 24.3 Å². The van der Waals surface area contributed by atoms with E-state index in [1.165, 1.54) is 44.1 Å². The highest BCUT2D eigenvalue weighted by molar-refractivity contribution is 6.30. The van der Waals surface area contributed by atoms with Gasteiger partial charge in [-0.1, -0.05) is 49.4 Å². The van der Waals surface area contributed by atoms with E-state index in [1.807, 2.05) is 26.0 Å². The van der Waals surface area contributed by atoms with E-state index < -0.39 is 0 Å². The number of nitrogens with one attached hydrogen (secondary N) is 2. The molecule has 1 aromatic carbocycles. The fourth-order valence-electron chi connectivity index (χ4n) is 4.46. The van der Waals surface area contributed by atoms with Crippen LogP contribution in [0.2, 0.25) is 5.02 Å². The van der Waals surface area contributed by atoms with Crippen molar-refractivity contribution in [3.05, 3.63) is 34.9 Å². The summed E-state index contributed by atoms with van der Waals surface area (Å²) in [7, 11) is 0. The number of amides is 1. The molecule has 1 saturated heterocycles. The maximum atomic E-state index is 12.8. The lowest BCUT2D eigenvalue weighted by Gasteiger charge is -2.24. The van der Waals surface area contributed by atoms with Gasteiger partial charge in [0.25, 0.3) is 0 Å². The largest absolute Gasteiger partial charge is 0.353 e. The number of benzene rings is 1. The molecule has 0 radical (unpaired) electrons. The first-order valence-corrected chi connectivity index (χ1v) is 10.9. The highest BCUT2D eigenvalue weighted by Gasteiger charge is 2.37. The first-order valence-electron chi connectivity index (χ1n) is 10.6. The van der Waals surface area contributed by atoms with Crippen molar-refractivity contribution in [2.45, 2.75) is 89.5 Å². The van der Waals surface area contributed by atoms with Crippen LogP contribution in [0.25, 0.3) is 0 Å². The molecule has 150 valence electrons. The molecule has 1 heterocycles. The van der Waals surface area contributed by atoms with E-state index in [0.29, 0.717) is 12.1 Å². The molecule has 0 bridgehead atoms. The maximum Gasteiger partial charge on any atom is 0.237 e. The Bertz CT molecular complexity index is 596.